The fourth-order valence-electron chi connectivity index (χ4n) is 2.11. The van der Waals surface area contributed by atoms with Crippen LogP contribution in [0.5, 0.6) is 0 Å². The molecule has 3 N–H and O–H groups in total. The van der Waals surface area contributed by atoms with Crippen LogP contribution in [0.15, 0.2) is 53.5 Å². The minimum Gasteiger partial charge on any atom is -0.374 e. The molecule has 1 aliphatic rings. The van der Waals surface area contributed by atoms with E-state index in [0.29, 0.717) is 22.0 Å². The Morgan fingerprint density at radius 1 is 1.23 bits per heavy atom. The van der Waals surface area contributed by atoms with Gasteiger partial charge in [-0.1, -0.05) is 29.8 Å². The number of carbonyl (C=O) groups excluding carboxylic acids is 1. The van der Waals surface area contributed by atoms with Crippen LogP contribution in [0, 0.1) is 0 Å². The van der Waals surface area contributed by atoms with Gasteiger partial charge in [-0.15, -0.1) is 0 Å². The van der Waals surface area contributed by atoms with Crippen molar-refractivity contribution in [2.75, 3.05) is 5.01 Å². The maximum atomic E-state index is 12.3. The first-order valence-corrected chi connectivity index (χ1v) is 7.19. The van der Waals surface area contributed by atoms with Crippen LogP contribution < -0.4 is 16.2 Å². The number of anilines is 1. The van der Waals surface area contributed by atoms with Gasteiger partial charge in [0.05, 0.1) is 16.9 Å². The fraction of sp³-hybridized carbons (Fsp3) is 0. The van der Waals surface area contributed by atoms with Crippen LogP contribution in [-0.4, -0.2) is 16.7 Å². The molecule has 22 heavy (non-hydrogen) atoms. The number of nitrogens with one attached hydrogen (secondary N) is 1. The Morgan fingerprint density at radius 2 is 2.00 bits per heavy atom. The van der Waals surface area contributed by atoms with Gasteiger partial charge < -0.3 is 5.73 Å². The van der Waals surface area contributed by atoms with E-state index in [2.05, 4.69) is 10.4 Å². The van der Waals surface area contributed by atoms with Gasteiger partial charge in [-0.3, -0.25) is 10.2 Å². The van der Waals surface area contributed by atoms with Gasteiger partial charge in [-0.2, -0.15) is 0 Å². The molecule has 5 nitrogen and oxygen atoms in total. The second kappa shape index (κ2) is 5.75. The minimum absolute atomic E-state index is 0.0497. The Bertz CT molecular complexity index is 806. The fourth-order valence-corrected chi connectivity index (χ4v) is 2.44. The zero-order chi connectivity index (χ0) is 15.7. The van der Waals surface area contributed by atoms with Crippen molar-refractivity contribution in [3.63, 3.8) is 0 Å². The van der Waals surface area contributed by atoms with Crippen molar-refractivity contribution in [1.82, 2.24) is 5.43 Å². The number of carbonyl (C=O) groups is 1. The summed E-state index contributed by atoms with van der Waals surface area (Å²) in [7, 11) is 0. The molecule has 0 aliphatic carbocycles. The number of rotatable bonds is 1. The number of benzene rings is 2. The molecule has 2 aromatic carbocycles. The second-order valence-corrected chi connectivity index (χ2v) is 5.43. The van der Waals surface area contributed by atoms with Gasteiger partial charge >= 0.3 is 0 Å². The van der Waals surface area contributed by atoms with E-state index in [-0.39, 0.29) is 16.7 Å². The third-order valence-electron chi connectivity index (χ3n) is 3.10. The predicted octanol–water partition coefficient (Wildman–Crippen LogP) is 2.82. The molecule has 0 radical (unpaired) electrons. The van der Waals surface area contributed by atoms with E-state index in [9.17, 15) is 4.79 Å². The molecule has 0 atom stereocenters. The van der Waals surface area contributed by atoms with Gasteiger partial charge in [0, 0.05) is 5.02 Å². The number of halogens is 1. The lowest BCUT2D eigenvalue weighted by atomic mass is 10.1. The zero-order valence-electron chi connectivity index (χ0n) is 11.3. The molecule has 1 heterocycles. The molecule has 0 fully saturated rings. The largest absolute Gasteiger partial charge is 0.374 e. The molecule has 1 aliphatic heterocycles. The highest BCUT2D eigenvalue weighted by molar-refractivity contribution is 7.80. The second-order valence-electron chi connectivity index (χ2n) is 4.57. The molecule has 0 saturated carbocycles. The normalized spacial score (nSPS) is 12.6. The number of para-hydroxylation sites is 1. The monoisotopic (exact) mass is 330 g/mol. The topological polar surface area (TPSA) is 70.7 Å². The third-order valence-corrected chi connectivity index (χ3v) is 3.52. The van der Waals surface area contributed by atoms with E-state index in [0.717, 1.165) is 0 Å². The van der Waals surface area contributed by atoms with Crippen LogP contribution in [0.1, 0.15) is 10.4 Å². The summed E-state index contributed by atoms with van der Waals surface area (Å²) >= 11 is 11.0. The average molecular weight is 331 g/mol. The SMILES string of the molecule is NC(=S)N(NC1=Nc2ccccc2C1=O)c1cccc(Cl)c1. The van der Waals surface area contributed by atoms with Crippen LogP contribution in [0.25, 0.3) is 0 Å². The van der Waals surface area contributed by atoms with Crippen molar-refractivity contribution in [2.45, 2.75) is 0 Å². The number of nitrogens with zero attached hydrogens (tertiary/aromatic N) is 2. The molecular formula is C15H11ClN4OS. The van der Waals surface area contributed by atoms with Gasteiger partial charge in [0.15, 0.2) is 10.9 Å². The molecule has 7 heteroatoms. The summed E-state index contributed by atoms with van der Waals surface area (Å²) in [4.78, 5) is 16.6. The summed E-state index contributed by atoms with van der Waals surface area (Å²) in [6, 6.07) is 14.0. The Labute approximate surface area is 137 Å². The maximum absolute atomic E-state index is 12.3. The Balaban J connectivity index is 1.91. The highest BCUT2D eigenvalue weighted by Gasteiger charge is 2.26. The molecule has 0 spiro atoms. The van der Waals surface area contributed by atoms with Crippen LogP contribution in [0.4, 0.5) is 11.4 Å². The van der Waals surface area contributed by atoms with Gasteiger partial charge in [-0.05, 0) is 42.5 Å². The summed E-state index contributed by atoms with van der Waals surface area (Å²) in [6.45, 7) is 0. The number of hydrogen-bond donors (Lipinski definition) is 2. The van der Waals surface area contributed by atoms with Gasteiger partial charge in [0.2, 0.25) is 5.78 Å². The van der Waals surface area contributed by atoms with Crippen LogP contribution in [0.2, 0.25) is 5.02 Å². The van der Waals surface area contributed by atoms with Crippen molar-refractivity contribution < 1.29 is 4.79 Å². The first kappa shape index (κ1) is 14.5. The number of aliphatic imine (C=N–C) groups is 1. The van der Waals surface area contributed by atoms with Gasteiger partial charge in [0.25, 0.3) is 0 Å². The van der Waals surface area contributed by atoms with Crippen molar-refractivity contribution in [3.05, 3.63) is 59.1 Å². The number of ketones is 1. The smallest absolute Gasteiger partial charge is 0.231 e. The van der Waals surface area contributed by atoms with E-state index < -0.39 is 0 Å². The number of hydrazine groups is 1. The van der Waals surface area contributed by atoms with Crippen LogP contribution >= 0.6 is 23.8 Å². The summed E-state index contributed by atoms with van der Waals surface area (Å²) in [6.07, 6.45) is 0. The summed E-state index contributed by atoms with van der Waals surface area (Å²) < 4.78 is 0. The quantitative estimate of drug-likeness (QED) is 0.621. The number of nitrogens with two attached hydrogens (primary N) is 1. The first-order chi connectivity index (χ1) is 10.6. The average Bonchev–Trinajstić information content (AvgIpc) is 2.81. The van der Waals surface area contributed by atoms with E-state index in [1.54, 1.807) is 42.5 Å². The van der Waals surface area contributed by atoms with E-state index in [1.165, 1.54) is 5.01 Å². The Hall–Kier alpha value is -2.44. The summed E-state index contributed by atoms with van der Waals surface area (Å²) in [5.74, 6) is -0.0483. The number of Topliss-reactive ketones (excluding diaryl/α,β-unsaturated/α-hetero) is 1. The molecule has 110 valence electrons. The van der Waals surface area contributed by atoms with Gasteiger partial charge in [-0.25, -0.2) is 10.0 Å². The van der Waals surface area contributed by atoms with E-state index in [4.69, 9.17) is 29.6 Å². The molecule has 0 aromatic heterocycles. The van der Waals surface area contributed by atoms with E-state index >= 15 is 0 Å². The highest BCUT2D eigenvalue weighted by atomic mass is 35.5. The van der Waals surface area contributed by atoms with Gasteiger partial charge in [0.1, 0.15) is 0 Å². The summed E-state index contributed by atoms with van der Waals surface area (Å²) in [5, 5.41) is 1.97. The predicted molar refractivity (Wildman–Crippen MR) is 91.7 cm³/mol. The van der Waals surface area contributed by atoms with Crippen molar-refractivity contribution >= 4 is 51.9 Å². The van der Waals surface area contributed by atoms with Crippen molar-refractivity contribution in [1.29, 1.82) is 0 Å². The number of hydrogen-bond acceptors (Lipinski definition) is 4. The maximum Gasteiger partial charge on any atom is 0.231 e. The standard InChI is InChI=1S/C15H11ClN4OS/c16-9-4-3-5-10(8-9)20(15(17)22)19-14-13(21)11-6-1-2-7-12(11)18-14/h1-8H,(H2,17,22)(H,18,19,21). The lowest BCUT2D eigenvalue weighted by Gasteiger charge is -2.23. The Morgan fingerprint density at radius 3 is 2.68 bits per heavy atom. The lowest BCUT2D eigenvalue weighted by Crippen LogP contribution is -2.50. The minimum atomic E-state index is -0.209. The van der Waals surface area contributed by atoms with E-state index in [1.807, 2.05) is 6.07 Å². The highest BCUT2D eigenvalue weighted by Crippen LogP contribution is 2.26. The van der Waals surface area contributed by atoms with Crippen LogP contribution in [-0.2, 0) is 0 Å². The summed E-state index contributed by atoms with van der Waals surface area (Å²) in [5.41, 5.74) is 10.4. The van der Waals surface area contributed by atoms with Crippen LogP contribution in [0.3, 0.4) is 0 Å². The van der Waals surface area contributed by atoms with Crippen molar-refractivity contribution in [2.24, 2.45) is 10.7 Å². The molecule has 0 saturated heterocycles. The molecule has 2 aromatic rings. The Kier molecular flexibility index (Phi) is 3.79. The lowest BCUT2D eigenvalue weighted by molar-refractivity contribution is 0.106. The molecule has 3 rings (SSSR count). The first-order valence-electron chi connectivity index (χ1n) is 6.40. The molecule has 0 amide bonds. The zero-order valence-corrected chi connectivity index (χ0v) is 12.9. The molecule has 0 unspecified atom stereocenters. The number of amidine groups is 1. The third kappa shape index (κ3) is 2.66. The van der Waals surface area contributed by atoms with Crippen molar-refractivity contribution in [3.8, 4) is 0 Å². The molecule has 0 bridgehead atoms. The number of thiocarbonyl (C=S) groups is 1. The number of fused-ring (bicyclic) bond motifs is 1. The molecular weight excluding hydrogens is 320 g/mol.